The molecule has 0 amide bonds. The molecule has 0 aromatic rings. The van der Waals surface area contributed by atoms with Gasteiger partial charge >= 0.3 is 0 Å². The largest absolute Gasteiger partial charge is 0.379 e. The van der Waals surface area contributed by atoms with Crippen molar-refractivity contribution < 1.29 is 4.74 Å². The Morgan fingerprint density at radius 3 is 2.46 bits per heavy atom. The van der Waals surface area contributed by atoms with Gasteiger partial charge < -0.3 is 15.8 Å². The van der Waals surface area contributed by atoms with Gasteiger partial charge in [-0.15, -0.1) is 0 Å². The minimum absolute atomic E-state index is 0.366. The standard InChI is InChI=1S/C10H24N2O/c1-10(2)13-9-4-3-7-12-8-5-6-11/h10,12H,3-9,11H2,1-2H3. The molecule has 0 aliphatic rings. The Labute approximate surface area is 82.0 Å². The fraction of sp³-hybridized carbons (Fsp3) is 1.00. The number of nitrogens with two attached hydrogens (primary N) is 1. The molecule has 0 fully saturated rings. The van der Waals surface area contributed by atoms with Crippen molar-refractivity contribution in [3.8, 4) is 0 Å². The number of hydrogen-bond donors (Lipinski definition) is 2. The number of nitrogens with one attached hydrogen (secondary N) is 1. The van der Waals surface area contributed by atoms with Gasteiger partial charge in [0, 0.05) is 6.61 Å². The third kappa shape index (κ3) is 11.9. The Hall–Kier alpha value is -0.120. The predicted octanol–water partition coefficient (Wildman–Crippen LogP) is 1.13. The first-order valence-corrected chi connectivity index (χ1v) is 5.29. The molecule has 0 aromatic carbocycles. The van der Waals surface area contributed by atoms with E-state index in [1.807, 2.05) is 0 Å². The average Bonchev–Trinajstić information content (AvgIpc) is 2.09. The number of unbranched alkanes of at least 4 members (excludes halogenated alkanes) is 1. The highest BCUT2D eigenvalue weighted by Gasteiger charge is 1.92. The molecule has 0 aromatic heterocycles. The van der Waals surface area contributed by atoms with Crippen LogP contribution in [0.4, 0.5) is 0 Å². The molecule has 0 unspecified atom stereocenters. The molecule has 0 bridgehead atoms. The molecule has 0 heterocycles. The third-order valence-corrected chi connectivity index (χ3v) is 1.76. The lowest BCUT2D eigenvalue weighted by atomic mass is 10.3. The Balaban J connectivity index is 2.84. The van der Waals surface area contributed by atoms with Crippen LogP contribution < -0.4 is 11.1 Å². The van der Waals surface area contributed by atoms with Crippen LogP contribution in [0.25, 0.3) is 0 Å². The quantitative estimate of drug-likeness (QED) is 0.533. The van der Waals surface area contributed by atoms with Gasteiger partial charge in [0.25, 0.3) is 0 Å². The van der Waals surface area contributed by atoms with Crippen molar-refractivity contribution >= 4 is 0 Å². The number of hydrogen-bond acceptors (Lipinski definition) is 3. The molecule has 0 saturated heterocycles. The maximum Gasteiger partial charge on any atom is 0.0518 e. The normalized spacial score (nSPS) is 11.1. The van der Waals surface area contributed by atoms with Crippen LogP contribution >= 0.6 is 0 Å². The van der Waals surface area contributed by atoms with E-state index >= 15 is 0 Å². The molecule has 3 nitrogen and oxygen atoms in total. The van der Waals surface area contributed by atoms with Crippen molar-refractivity contribution in [1.82, 2.24) is 5.32 Å². The highest BCUT2D eigenvalue weighted by atomic mass is 16.5. The molecule has 13 heavy (non-hydrogen) atoms. The van der Waals surface area contributed by atoms with Crippen molar-refractivity contribution in [2.75, 3.05) is 26.2 Å². The highest BCUT2D eigenvalue weighted by Crippen LogP contribution is 1.93. The fourth-order valence-corrected chi connectivity index (χ4v) is 1.02. The lowest BCUT2D eigenvalue weighted by molar-refractivity contribution is 0.0760. The summed E-state index contributed by atoms with van der Waals surface area (Å²) in [6.45, 7) is 7.93. The summed E-state index contributed by atoms with van der Waals surface area (Å²) in [5.74, 6) is 0. The molecular formula is C10H24N2O. The monoisotopic (exact) mass is 188 g/mol. The lowest BCUT2D eigenvalue weighted by Crippen LogP contribution is -2.19. The topological polar surface area (TPSA) is 47.3 Å². The SMILES string of the molecule is CC(C)OCCCCNCCCN. The first-order chi connectivity index (χ1) is 6.27. The maximum absolute atomic E-state index is 5.42. The summed E-state index contributed by atoms with van der Waals surface area (Å²) >= 11 is 0. The second-order valence-electron chi connectivity index (χ2n) is 3.52. The summed E-state index contributed by atoms with van der Waals surface area (Å²) in [7, 11) is 0. The molecule has 0 spiro atoms. The van der Waals surface area contributed by atoms with Gasteiger partial charge in [-0.2, -0.15) is 0 Å². The fourth-order valence-electron chi connectivity index (χ4n) is 1.02. The van der Waals surface area contributed by atoms with E-state index in [0.29, 0.717) is 6.10 Å². The second kappa shape index (κ2) is 9.96. The van der Waals surface area contributed by atoms with Crippen LogP contribution in [0.1, 0.15) is 33.1 Å². The smallest absolute Gasteiger partial charge is 0.0518 e. The molecule has 3 heteroatoms. The summed E-state index contributed by atoms with van der Waals surface area (Å²) in [4.78, 5) is 0. The van der Waals surface area contributed by atoms with E-state index in [2.05, 4.69) is 19.2 Å². The summed E-state index contributed by atoms with van der Waals surface area (Å²) in [6, 6.07) is 0. The van der Waals surface area contributed by atoms with E-state index in [1.54, 1.807) is 0 Å². The Kier molecular flexibility index (Phi) is 9.87. The molecule has 3 N–H and O–H groups in total. The van der Waals surface area contributed by atoms with Crippen LogP contribution in [0, 0.1) is 0 Å². The van der Waals surface area contributed by atoms with Crippen LogP contribution in [0.5, 0.6) is 0 Å². The molecule has 0 aliphatic carbocycles. The van der Waals surface area contributed by atoms with E-state index in [4.69, 9.17) is 10.5 Å². The predicted molar refractivity (Wildman–Crippen MR) is 56.9 cm³/mol. The van der Waals surface area contributed by atoms with Crippen molar-refractivity contribution in [3.05, 3.63) is 0 Å². The third-order valence-electron chi connectivity index (χ3n) is 1.76. The van der Waals surface area contributed by atoms with Gasteiger partial charge in [0.15, 0.2) is 0 Å². The molecule has 0 saturated carbocycles. The van der Waals surface area contributed by atoms with Gasteiger partial charge in [-0.05, 0) is 52.7 Å². The van der Waals surface area contributed by atoms with Crippen molar-refractivity contribution in [2.24, 2.45) is 5.73 Å². The second-order valence-corrected chi connectivity index (χ2v) is 3.52. The Morgan fingerprint density at radius 1 is 1.15 bits per heavy atom. The summed E-state index contributed by atoms with van der Waals surface area (Å²) in [5.41, 5.74) is 5.36. The average molecular weight is 188 g/mol. The van der Waals surface area contributed by atoms with E-state index in [1.165, 1.54) is 6.42 Å². The van der Waals surface area contributed by atoms with Gasteiger partial charge in [0.1, 0.15) is 0 Å². The molecule has 0 radical (unpaired) electrons. The molecule has 80 valence electrons. The lowest BCUT2D eigenvalue weighted by Gasteiger charge is -2.07. The highest BCUT2D eigenvalue weighted by molar-refractivity contribution is 4.49. The summed E-state index contributed by atoms with van der Waals surface area (Å²) < 4.78 is 5.42. The molecule has 0 atom stereocenters. The summed E-state index contributed by atoms with van der Waals surface area (Å²) in [6.07, 6.45) is 3.78. The number of rotatable bonds is 9. The van der Waals surface area contributed by atoms with Gasteiger partial charge in [0.05, 0.1) is 6.10 Å². The van der Waals surface area contributed by atoms with E-state index in [-0.39, 0.29) is 0 Å². The minimum Gasteiger partial charge on any atom is -0.379 e. The van der Waals surface area contributed by atoms with Crippen molar-refractivity contribution in [1.29, 1.82) is 0 Å². The first-order valence-electron chi connectivity index (χ1n) is 5.29. The molecule has 0 rings (SSSR count). The van der Waals surface area contributed by atoms with Crippen LogP contribution in [0.2, 0.25) is 0 Å². The zero-order chi connectivity index (χ0) is 9.94. The Morgan fingerprint density at radius 2 is 1.85 bits per heavy atom. The van der Waals surface area contributed by atoms with Crippen molar-refractivity contribution in [2.45, 2.75) is 39.2 Å². The van der Waals surface area contributed by atoms with E-state index < -0.39 is 0 Å². The van der Waals surface area contributed by atoms with Crippen LogP contribution in [0.3, 0.4) is 0 Å². The van der Waals surface area contributed by atoms with E-state index in [9.17, 15) is 0 Å². The van der Waals surface area contributed by atoms with E-state index in [0.717, 1.165) is 39.1 Å². The van der Waals surface area contributed by atoms with Gasteiger partial charge in [-0.3, -0.25) is 0 Å². The zero-order valence-electron chi connectivity index (χ0n) is 9.01. The van der Waals surface area contributed by atoms with Gasteiger partial charge in [-0.25, -0.2) is 0 Å². The van der Waals surface area contributed by atoms with Crippen LogP contribution in [0.15, 0.2) is 0 Å². The van der Waals surface area contributed by atoms with Crippen molar-refractivity contribution in [3.63, 3.8) is 0 Å². The Bertz CT molecular complexity index is 96.9. The zero-order valence-corrected chi connectivity index (χ0v) is 9.01. The van der Waals surface area contributed by atoms with Crippen LogP contribution in [-0.2, 0) is 4.74 Å². The van der Waals surface area contributed by atoms with Gasteiger partial charge in [0.2, 0.25) is 0 Å². The maximum atomic E-state index is 5.42. The van der Waals surface area contributed by atoms with Gasteiger partial charge in [-0.1, -0.05) is 0 Å². The minimum atomic E-state index is 0.366. The van der Waals surface area contributed by atoms with Crippen LogP contribution in [-0.4, -0.2) is 32.3 Å². The molecule has 0 aliphatic heterocycles. The first kappa shape index (κ1) is 12.9. The number of ether oxygens (including phenoxy) is 1. The molecular weight excluding hydrogens is 164 g/mol. The summed E-state index contributed by atoms with van der Waals surface area (Å²) in [5, 5.41) is 3.34.